The molecule has 8 heteroatoms. The first-order valence-corrected chi connectivity index (χ1v) is 10.3. The predicted molar refractivity (Wildman–Crippen MR) is 104 cm³/mol. The van der Waals surface area contributed by atoms with E-state index in [-0.39, 0.29) is 24.4 Å². The molecule has 0 saturated carbocycles. The first kappa shape index (κ1) is 18.8. The number of halogens is 2. The van der Waals surface area contributed by atoms with Crippen molar-refractivity contribution in [1.29, 1.82) is 0 Å². The number of carbonyl (C=O) groups excluding carboxylic acids is 2. The number of benzene rings is 1. The molecule has 0 spiro atoms. The van der Waals surface area contributed by atoms with E-state index in [1.54, 1.807) is 18.2 Å². The molecule has 0 radical (unpaired) electrons. The maximum absolute atomic E-state index is 12.8. The van der Waals surface area contributed by atoms with Gasteiger partial charge in [0.15, 0.2) is 0 Å². The number of likely N-dealkylation sites (tertiary alicyclic amines) is 1. The number of nitrogens with one attached hydrogen (secondary N) is 1. The fourth-order valence-electron chi connectivity index (χ4n) is 3.27. The Hall–Kier alpha value is -0.950. The number of hydrogen-bond acceptors (Lipinski definition) is 4. The number of carbonyl (C=O) groups is 2. The summed E-state index contributed by atoms with van der Waals surface area (Å²) in [5, 5.41) is 3.58. The number of hydrogen-bond donors (Lipinski definition) is 1. The number of para-hydroxylation sites is 1. The fourth-order valence-corrected chi connectivity index (χ4v) is 4.67. The molecule has 0 bridgehead atoms. The summed E-state index contributed by atoms with van der Waals surface area (Å²) in [6, 6.07) is 4.89. The quantitative estimate of drug-likeness (QED) is 0.842. The van der Waals surface area contributed by atoms with Gasteiger partial charge >= 0.3 is 0 Å². The standard InChI is InChI=1S/C17H21Cl2N3O2S/c18-12-3-1-4-13(19)16(12)20-15(23)11-22-6-2-5-14(22)17(24)21-7-9-25-10-8-21/h1,3-4,14H,2,5-11H2,(H,20,23). The average molecular weight is 402 g/mol. The lowest BCUT2D eigenvalue weighted by molar-refractivity contribution is -0.136. The molecule has 1 unspecified atom stereocenters. The molecule has 0 aromatic heterocycles. The largest absolute Gasteiger partial charge is 0.340 e. The molecule has 5 nitrogen and oxygen atoms in total. The van der Waals surface area contributed by atoms with Gasteiger partial charge in [-0.25, -0.2) is 0 Å². The van der Waals surface area contributed by atoms with E-state index in [0.29, 0.717) is 15.7 Å². The van der Waals surface area contributed by atoms with Gasteiger partial charge in [0.2, 0.25) is 11.8 Å². The van der Waals surface area contributed by atoms with Crippen LogP contribution in [0.4, 0.5) is 5.69 Å². The van der Waals surface area contributed by atoms with Crippen molar-refractivity contribution in [2.45, 2.75) is 18.9 Å². The Morgan fingerprint density at radius 3 is 2.52 bits per heavy atom. The number of anilines is 1. The van der Waals surface area contributed by atoms with Crippen molar-refractivity contribution in [2.24, 2.45) is 0 Å². The number of rotatable bonds is 4. The van der Waals surface area contributed by atoms with Gasteiger partial charge in [-0.1, -0.05) is 29.3 Å². The van der Waals surface area contributed by atoms with Gasteiger partial charge in [-0.2, -0.15) is 11.8 Å². The lowest BCUT2D eigenvalue weighted by Crippen LogP contribution is -2.49. The number of amides is 2. The highest BCUT2D eigenvalue weighted by molar-refractivity contribution is 7.99. The molecular formula is C17H21Cl2N3O2S. The van der Waals surface area contributed by atoms with Crippen LogP contribution in [0.25, 0.3) is 0 Å². The van der Waals surface area contributed by atoms with E-state index >= 15 is 0 Å². The lowest BCUT2D eigenvalue weighted by Gasteiger charge is -2.32. The van der Waals surface area contributed by atoms with Crippen LogP contribution in [0.15, 0.2) is 18.2 Å². The van der Waals surface area contributed by atoms with Crippen molar-refractivity contribution in [3.8, 4) is 0 Å². The van der Waals surface area contributed by atoms with Gasteiger partial charge < -0.3 is 10.2 Å². The number of thioether (sulfide) groups is 1. The zero-order valence-corrected chi connectivity index (χ0v) is 16.2. The van der Waals surface area contributed by atoms with Crippen LogP contribution in [0, 0.1) is 0 Å². The Kier molecular flexibility index (Phi) is 6.49. The lowest BCUT2D eigenvalue weighted by atomic mass is 10.2. The van der Waals surface area contributed by atoms with Crippen molar-refractivity contribution in [3.05, 3.63) is 28.2 Å². The molecular weight excluding hydrogens is 381 g/mol. The van der Waals surface area contributed by atoms with E-state index < -0.39 is 0 Å². The molecule has 25 heavy (non-hydrogen) atoms. The van der Waals surface area contributed by atoms with Crippen LogP contribution in [0.5, 0.6) is 0 Å². The van der Waals surface area contributed by atoms with E-state index in [2.05, 4.69) is 5.32 Å². The van der Waals surface area contributed by atoms with Crippen LogP contribution in [0.2, 0.25) is 10.0 Å². The molecule has 1 aromatic rings. The van der Waals surface area contributed by atoms with E-state index in [9.17, 15) is 9.59 Å². The topological polar surface area (TPSA) is 52.7 Å². The third kappa shape index (κ3) is 4.61. The van der Waals surface area contributed by atoms with Crippen LogP contribution < -0.4 is 5.32 Å². The molecule has 136 valence electrons. The van der Waals surface area contributed by atoms with Crippen LogP contribution >= 0.6 is 35.0 Å². The first-order chi connectivity index (χ1) is 12.1. The Morgan fingerprint density at radius 2 is 1.84 bits per heavy atom. The highest BCUT2D eigenvalue weighted by atomic mass is 35.5. The fraction of sp³-hybridized carbons (Fsp3) is 0.529. The minimum absolute atomic E-state index is 0.154. The van der Waals surface area contributed by atoms with E-state index in [1.165, 1.54) is 0 Å². The van der Waals surface area contributed by atoms with Gasteiger partial charge in [0.05, 0.1) is 28.3 Å². The van der Waals surface area contributed by atoms with Gasteiger partial charge in [0.1, 0.15) is 0 Å². The molecule has 1 aromatic carbocycles. The Morgan fingerprint density at radius 1 is 1.16 bits per heavy atom. The third-order valence-electron chi connectivity index (χ3n) is 4.55. The zero-order valence-electron chi connectivity index (χ0n) is 13.8. The highest BCUT2D eigenvalue weighted by Gasteiger charge is 2.35. The van der Waals surface area contributed by atoms with Crippen LogP contribution in [0.1, 0.15) is 12.8 Å². The smallest absolute Gasteiger partial charge is 0.239 e. The molecule has 1 atom stereocenters. The Bertz CT molecular complexity index is 633. The summed E-state index contributed by atoms with van der Waals surface area (Å²) in [4.78, 5) is 29.1. The van der Waals surface area contributed by atoms with Gasteiger partial charge in [-0.15, -0.1) is 0 Å². The summed E-state index contributed by atoms with van der Waals surface area (Å²) < 4.78 is 0. The molecule has 3 rings (SSSR count). The second-order valence-corrected chi connectivity index (χ2v) is 8.25. The maximum Gasteiger partial charge on any atom is 0.239 e. The summed E-state index contributed by atoms with van der Waals surface area (Å²) in [6.07, 6.45) is 1.74. The molecule has 2 amide bonds. The summed E-state index contributed by atoms with van der Waals surface area (Å²) in [7, 11) is 0. The van der Waals surface area contributed by atoms with Crippen molar-refractivity contribution >= 4 is 52.5 Å². The highest BCUT2D eigenvalue weighted by Crippen LogP contribution is 2.30. The van der Waals surface area contributed by atoms with Crippen molar-refractivity contribution in [3.63, 3.8) is 0 Å². The molecule has 1 N–H and O–H groups in total. The van der Waals surface area contributed by atoms with E-state index in [1.807, 2.05) is 21.6 Å². The van der Waals surface area contributed by atoms with Crippen molar-refractivity contribution in [2.75, 3.05) is 43.0 Å². The zero-order chi connectivity index (χ0) is 17.8. The van der Waals surface area contributed by atoms with Crippen LogP contribution in [-0.4, -0.2) is 65.3 Å². The van der Waals surface area contributed by atoms with Gasteiger partial charge in [0, 0.05) is 24.6 Å². The second-order valence-electron chi connectivity index (χ2n) is 6.21. The Labute approximate surface area is 162 Å². The van der Waals surface area contributed by atoms with E-state index in [0.717, 1.165) is 44.0 Å². The Balaban J connectivity index is 1.61. The number of nitrogens with zero attached hydrogens (tertiary/aromatic N) is 2. The monoisotopic (exact) mass is 401 g/mol. The molecule has 2 aliphatic heterocycles. The molecule has 2 heterocycles. The summed E-state index contributed by atoms with van der Waals surface area (Å²) >= 11 is 14.1. The SMILES string of the molecule is O=C(CN1CCCC1C(=O)N1CCSCC1)Nc1c(Cl)cccc1Cl. The second kappa shape index (κ2) is 8.62. The minimum atomic E-state index is -0.205. The van der Waals surface area contributed by atoms with Crippen molar-refractivity contribution in [1.82, 2.24) is 9.80 Å². The van der Waals surface area contributed by atoms with E-state index in [4.69, 9.17) is 23.2 Å². The average Bonchev–Trinajstić information content (AvgIpc) is 3.06. The van der Waals surface area contributed by atoms with Crippen LogP contribution in [-0.2, 0) is 9.59 Å². The van der Waals surface area contributed by atoms with Gasteiger partial charge in [0.25, 0.3) is 0 Å². The predicted octanol–water partition coefficient (Wildman–Crippen LogP) is 2.97. The molecule has 2 fully saturated rings. The summed E-state index contributed by atoms with van der Waals surface area (Å²) in [5.41, 5.74) is 0.422. The molecule has 2 aliphatic rings. The normalized spacial score (nSPS) is 21.4. The molecule has 2 saturated heterocycles. The van der Waals surface area contributed by atoms with Gasteiger partial charge in [-0.05, 0) is 31.5 Å². The van der Waals surface area contributed by atoms with Gasteiger partial charge in [-0.3, -0.25) is 14.5 Å². The van der Waals surface area contributed by atoms with Crippen molar-refractivity contribution < 1.29 is 9.59 Å². The first-order valence-electron chi connectivity index (χ1n) is 8.40. The van der Waals surface area contributed by atoms with Crippen LogP contribution in [0.3, 0.4) is 0 Å². The molecule has 0 aliphatic carbocycles. The minimum Gasteiger partial charge on any atom is -0.340 e. The maximum atomic E-state index is 12.8. The third-order valence-corrected chi connectivity index (χ3v) is 6.12. The summed E-state index contributed by atoms with van der Waals surface area (Å²) in [6.45, 7) is 2.52. The summed E-state index contributed by atoms with van der Waals surface area (Å²) in [5.74, 6) is 1.93.